The van der Waals surface area contributed by atoms with E-state index in [1.165, 1.54) is 10.9 Å². The molecule has 5 rings (SSSR count). The molecule has 5 heteroatoms. The van der Waals surface area contributed by atoms with E-state index in [-0.39, 0.29) is 0 Å². The van der Waals surface area contributed by atoms with Gasteiger partial charge in [-0.3, -0.25) is 0 Å². The molecule has 0 saturated carbocycles. The third-order valence-electron chi connectivity index (χ3n) is 4.39. The van der Waals surface area contributed by atoms with Gasteiger partial charge in [-0.05, 0) is 18.2 Å². The predicted octanol–water partition coefficient (Wildman–Crippen LogP) is 3.91. The molecule has 116 valence electrons. The lowest BCUT2D eigenvalue weighted by molar-refractivity contribution is 0.819. The van der Waals surface area contributed by atoms with E-state index in [1.54, 1.807) is 0 Å². The maximum atomic E-state index is 4.37. The Bertz CT molecular complexity index is 1080. The molecule has 5 nitrogen and oxygen atoms in total. The quantitative estimate of drug-likeness (QED) is 0.537. The topological polar surface area (TPSA) is 51.4 Å². The average Bonchev–Trinajstić information content (AvgIpc) is 3.30. The lowest BCUT2D eigenvalue weighted by atomic mass is 10.1. The highest BCUT2D eigenvalue weighted by Crippen LogP contribution is 2.34. The highest BCUT2D eigenvalue weighted by molar-refractivity contribution is 5.97. The Labute approximate surface area is 138 Å². The molecule has 0 radical (unpaired) electrons. The van der Waals surface area contributed by atoms with Crippen LogP contribution in [0.5, 0.6) is 0 Å². The number of H-pyrrole nitrogens is 1. The number of hydrogen-bond donors (Lipinski definition) is 1. The first-order chi connectivity index (χ1) is 11.8. The summed E-state index contributed by atoms with van der Waals surface area (Å²) in [5.41, 5.74) is 6.35. The van der Waals surface area contributed by atoms with Gasteiger partial charge in [0, 0.05) is 47.7 Å². The number of hydrogen-bond acceptors (Lipinski definition) is 2. The molecule has 0 atom stereocenters. The normalized spacial score (nSPS) is 11.5. The highest BCUT2D eigenvalue weighted by atomic mass is 15.4. The summed E-state index contributed by atoms with van der Waals surface area (Å²) >= 11 is 0. The maximum Gasteiger partial charge on any atom is 0.113 e. The van der Waals surface area contributed by atoms with Crippen molar-refractivity contribution in [2.75, 3.05) is 0 Å². The number of benzene rings is 2. The Morgan fingerprint density at radius 2 is 1.75 bits per heavy atom. The summed E-state index contributed by atoms with van der Waals surface area (Å²) in [6, 6.07) is 16.3. The number of aromatic nitrogens is 5. The molecule has 0 aliphatic rings. The lowest BCUT2D eigenvalue weighted by Crippen LogP contribution is -1.96. The number of aryl methyl sites for hydroxylation is 1. The van der Waals surface area contributed by atoms with Crippen LogP contribution in [-0.4, -0.2) is 24.5 Å². The number of nitrogens with zero attached hydrogens (tertiary/aromatic N) is 4. The number of aromatic amines is 1. The van der Waals surface area contributed by atoms with E-state index < -0.39 is 0 Å². The van der Waals surface area contributed by atoms with Gasteiger partial charge in [0.05, 0.1) is 11.2 Å². The first kappa shape index (κ1) is 13.1. The molecular weight excluding hydrogens is 298 g/mol. The third-order valence-corrected chi connectivity index (χ3v) is 4.39. The summed E-state index contributed by atoms with van der Waals surface area (Å²) in [6.45, 7) is 0. The first-order valence-electron chi connectivity index (χ1n) is 7.84. The van der Waals surface area contributed by atoms with Crippen LogP contribution < -0.4 is 0 Å². The van der Waals surface area contributed by atoms with Crippen LogP contribution in [0.25, 0.3) is 38.8 Å². The Hall–Kier alpha value is -3.34. The summed E-state index contributed by atoms with van der Waals surface area (Å²) in [5.74, 6) is 0. The summed E-state index contributed by atoms with van der Waals surface area (Å²) in [5, 5.41) is 9.86. The minimum absolute atomic E-state index is 0.895. The Morgan fingerprint density at radius 1 is 0.917 bits per heavy atom. The van der Waals surface area contributed by atoms with Gasteiger partial charge in [0.15, 0.2) is 0 Å². The second-order valence-electron chi connectivity index (χ2n) is 5.96. The molecule has 0 bridgehead atoms. The predicted molar refractivity (Wildman–Crippen MR) is 95.1 cm³/mol. The molecule has 1 N–H and O–H groups in total. The molecule has 0 amide bonds. The van der Waals surface area contributed by atoms with Gasteiger partial charge < -0.3 is 9.55 Å². The van der Waals surface area contributed by atoms with Crippen molar-refractivity contribution in [2.45, 2.75) is 0 Å². The zero-order valence-electron chi connectivity index (χ0n) is 13.1. The Morgan fingerprint density at radius 3 is 2.71 bits per heavy atom. The molecule has 0 aliphatic heterocycles. The average molecular weight is 313 g/mol. The van der Waals surface area contributed by atoms with Gasteiger partial charge in [0.1, 0.15) is 5.52 Å². The van der Waals surface area contributed by atoms with Gasteiger partial charge in [0.25, 0.3) is 0 Å². The summed E-state index contributed by atoms with van der Waals surface area (Å²) in [6.07, 6.45) is 6.27. The highest BCUT2D eigenvalue weighted by Gasteiger charge is 2.16. The summed E-state index contributed by atoms with van der Waals surface area (Å²) in [4.78, 5) is 3.35. The number of nitrogens with one attached hydrogen (secondary N) is 1. The van der Waals surface area contributed by atoms with Crippen LogP contribution in [0.15, 0.2) is 67.1 Å². The van der Waals surface area contributed by atoms with E-state index in [0.29, 0.717) is 0 Å². The first-order valence-corrected chi connectivity index (χ1v) is 7.84. The SMILES string of the molecule is Cn1cc(-c2c[nH]c3ccccc23)c(-n2nnc3ccccc32)c1. The molecule has 5 aromatic rings. The van der Waals surface area contributed by atoms with Crippen LogP contribution in [0.2, 0.25) is 0 Å². The molecule has 0 saturated heterocycles. The third kappa shape index (κ3) is 1.81. The van der Waals surface area contributed by atoms with E-state index in [0.717, 1.165) is 27.8 Å². The van der Waals surface area contributed by atoms with Crippen molar-refractivity contribution in [1.82, 2.24) is 24.5 Å². The largest absolute Gasteiger partial charge is 0.361 e. The van der Waals surface area contributed by atoms with Gasteiger partial charge in [-0.2, -0.15) is 0 Å². The fraction of sp³-hybridized carbons (Fsp3) is 0.0526. The van der Waals surface area contributed by atoms with E-state index in [1.807, 2.05) is 42.1 Å². The summed E-state index contributed by atoms with van der Waals surface area (Å²) in [7, 11) is 2.03. The smallest absolute Gasteiger partial charge is 0.113 e. The van der Waals surface area contributed by atoms with Crippen LogP contribution in [-0.2, 0) is 7.05 Å². The van der Waals surface area contributed by atoms with Gasteiger partial charge >= 0.3 is 0 Å². The van der Waals surface area contributed by atoms with E-state index in [4.69, 9.17) is 0 Å². The molecule has 0 unspecified atom stereocenters. The standard InChI is InChI=1S/C19H15N5/c1-23-11-15(14-10-20-16-7-3-2-6-13(14)16)19(12-23)24-18-9-5-4-8-17(18)21-22-24/h2-12,20H,1H3. The molecule has 0 spiro atoms. The minimum Gasteiger partial charge on any atom is -0.361 e. The van der Waals surface area contributed by atoms with Crippen LogP contribution in [0.3, 0.4) is 0 Å². The monoisotopic (exact) mass is 313 g/mol. The fourth-order valence-electron chi connectivity index (χ4n) is 3.29. The van der Waals surface area contributed by atoms with Crippen LogP contribution in [0, 0.1) is 0 Å². The van der Waals surface area contributed by atoms with E-state index in [2.05, 4.69) is 56.7 Å². The van der Waals surface area contributed by atoms with Crippen LogP contribution >= 0.6 is 0 Å². The van der Waals surface area contributed by atoms with Gasteiger partial charge in [0.2, 0.25) is 0 Å². The van der Waals surface area contributed by atoms with Crippen molar-refractivity contribution in [3.8, 4) is 16.8 Å². The number of fused-ring (bicyclic) bond motifs is 2. The van der Waals surface area contributed by atoms with E-state index in [9.17, 15) is 0 Å². The van der Waals surface area contributed by atoms with Gasteiger partial charge in [-0.25, -0.2) is 4.68 Å². The fourth-order valence-corrected chi connectivity index (χ4v) is 3.29. The second-order valence-corrected chi connectivity index (χ2v) is 5.96. The molecular formula is C19H15N5. The number of rotatable bonds is 2. The number of para-hydroxylation sites is 2. The zero-order chi connectivity index (χ0) is 16.1. The Kier molecular flexibility index (Phi) is 2.64. The van der Waals surface area contributed by atoms with Crippen molar-refractivity contribution in [2.24, 2.45) is 7.05 Å². The van der Waals surface area contributed by atoms with Crippen molar-refractivity contribution in [3.05, 3.63) is 67.1 Å². The summed E-state index contributed by atoms with van der Waals surface area (Å²) < 4.78 is 3.97. The minimum atomic E-state index is 0.895. The van der Waals surface area contributed by atoms with Crippen LogP contribution in [0.1, 0.15) is 0 Å². The zero-order valence-corrected chi connectivity index (χ0v) is 13.1. The molecule has 3 heterocycles. The van der Waals surface area contributed by atoms with Crippen LogP contribution in [0.4, 0.5) is 0 Å². The second kappa shape index (κ2) is 4.83. The molecule has 24 heavy (non-hydrogen) atoms. The molecule has 0 fully saturated rings. The maximum absolute atomic E-state index is 4.37. The van der Waals surface area contributed by atoms with Gasteiger partial charge in [-0.15, -0.1) is 5.10 Å². The van der Waals surface area contributed by atoms with Crippen molar-refractivity contribution in [3.63, 3.8) is 0 Å². The lowest BCUT2D eigenvalue weighted by Gasteiger charge is -2.04. The van der Waals surface area contributed by atoms with Crippen molar-refractivity contribution >= 4 is 21.9 Å². The van der Waals surface area contributed by atoms with Gasteiger partial charge in [-0.1, -0.05) is 35.5 Å². The molecule has 3 aromatic heterocycles. The van der Waals surface area contributed by atoms with Crippen molar-refractivity contribution in [1.29, 1.82) is 0 Å². The molecule has 2 aromatic carbocycles. The Balaban J connectivity index is 1.80. The van der Waals surface area contributed by atoms with E-state index >= 15 is 0 Å². The molecule has 0 aliphatic carbocycles. The van der Waals surface area contributed by atoms with Crippen molar-refractivity contribution < 1.29 is 0 Å².